The van der Waals surface area contributed by atoms with E-state index in [0.29, 0.717) is 13.0 Å². The van der Waals surface area contributed by atoms with E-state index >= 15 is 0 Å². The van der Waals surface area contributed by atoms with Gasteiger partial charge in [0.25, 0.3) is 0 Å². The highest BCUT2D eigenvalue weighted by molar-refractivity contribution is 5.66. The molecule has 1 heterocycles. The molecule has 0 radical (unpaired) electrons. The molecule has 1 N–H and O–H groups in total. The van der Waals surface area contributed by atoms with Crippen LogP contribution in [0.3, 0.4) is 0 Å². The summed E-state index contributed by atoms with van der Waals surface area (Å²) in [6.07, 6.45) is 2.54. The topological polar surface area (TPSA) is 55.1 Å². The molecule has 0 aliphatic rings. The van der Waals surface area contributed by atoms with Gasteiger partial charge < -0.3 is 5.11 Å². The summed E-state index contributed by atoms with van der Waals surface area (Å²) in [5.74, 6) is -1.07. The van der Waals surface area contributed by atoms with Crippen LogP contribution in [-0.2, 0) is 11.3 Å². The fourth-order valence-corrected chi connectivity index (χ4v) is 1.94. The zero-order chi connectivity index (χ0) is 13.8. The summed E-state index contributed by atoms with van der Waals surface area (Å²) in [7, 11) is 0. The van der Waals surface area contributed by atoms with Crippen LogP contribution in [-0.4, -0.2) is 20.9 Å². The number of aryl methyl sites for hydroxylation is 2. The first kappa shape index (κ1) is 13.3. The van der Waals surface area contributed by atoms with Gasteiger partial charge in [0.05, 0.1) is 5.69 Å². The number of hydrogen-bond donors (Lipinski definition) is 1. The number of carboxylic acids is 1. The lowest BCUT2D eigenvalue weighted by atomic mass is 10.1. The zero-order valence-corrected chi connectivity index (χ0v) is 10.6. The Bertz CT molecular complexity index is 576. The Balaban J connectivity index is 2.12. The highest BCUT2D eigenvalue weighted by Gasteiger charge is 2.07. The van der Waals surface area contributed by atoms with Crippen molar-refractivity contribution >= 4 is 5.97 Å². The molecule has 0 saturated carbocycles. The van der Waals surface area contributed by atoms with Crippen molar-refractivity contribution in [2.45, 2.75) is 26.3 Å². The molecule has 0 aliphatic heterocycles. The minimum atomic E-state index is -0.803. The van der Waals surface area contributed by atoms with E-state index in [2.05, 4.69) is 5.10 Å². The van der Waals surface area contributed by atoms with E-state index in [1.54, 1.807) is 16.8 Å². The van der Waals surface area contributed by atoms with Crippen molar-refractivity contribution in [3.63, 3.8) is 0 Å². The van der Waals surface area contributed by atoms with Crippen molar-refractivity contribution in [3.8, 4) is 11.1 Å². The first-order chi connectivity index (χ1) is 9.06. The molecule has 0 saturated heterocycles. The monoisotopic (exact) mass is 262 g/mol. The van der Waals surface area contributed by atoms with Crippen LogP contribution in [0.4, 0.5) is 4.39 Å². The molecule has 1 aromatic heterocycles. The number of rotatable bonds is 5. The van der Waals surface area contributed by atoms with Gasteiger partial charge in [0, 0.05) is 24.7 Å². The normalized spacial score (nSPS) is 10.6. The van der Waals surface area contributed by atoms with E-state index < -0.39 is 5.97 Å². The molecule has 0 spiro atoms. The average Bonchev–Trinajstić information content (AvgIpc) is 2.71. The van der Waals surface area contributed by atoms with Gasteiger partial charge in [0.2, 0.25) is 0 Å². The van der Waals surface area contributed by atoms with Crippen molar-refractivity contribution in [3.05, 3.63) is 42.0 Å². The summed E-state index contributed by atoms with van der Waals surface area (Å²) in [6.45, 7) is 2.45. The van der Waals surface area contributed by atoms with Crippen molar-refractivity contribution in [2.75, 3.05) is 0 Å². The van der Waals surface area contributed by atoms with Crippen molar-refractivity contribution in [2.24, 2.45) is 0 Å². The predicted molar refractivity (Wildman–Crippen MR) is 69.2 cm³/mol. The maximum Gasteiger partial charge on any atom is 0.303 e. The molecule has 0 atom stereocenters. The first-order valence-electron chi connectivity index (χ1n) is 6.08. The smallest absolute Gasteiger partial charge is 0.303 e. The van der Waals surface area contributed by atoms with Gasteiger partial charge in [-0.15, -0.1) is 0 Å². The molecule has 0 aliphatic carbocycles. The number of nitrogens with zero attached hydrogens (tertiary/aromatic N) is 2. The van der Waals surface area contributed by atoms with Gasteiger partial charge in [-0.2, -0.15) is 5.10 Å². The lowest BCUT2D eigenvalue weighted by Gasteiger charge is -1.99. The van der Waals surface area contributed by atoms with Crippen LogP contribution < -0.4 is 0 Å². The SMILES string of the molecule is Cc1nn(CCCC(=O)O)cc1-c1ccc(F)cc1. The third kappa shape index (κ3) is 3.40. The van der Waals surface area contributed by atoms with Crippen LogP contribution in [0, 0.1) is 12.7 Å². The molecule has 2 aromatic rings. The van der Waals surface area contributed by atoms with Gasteiger partial charge >= 0.3 is 5.97 Å². The summed E-state index contributed by atoms with van der Waals surface area (Å²) < 4.78 is 14.6. The number of carbonyl (C=O) groups is 1. The summed E-state index contributed by atoms with van der Waals surface area (Å²) in [6, 6.07) is 6.24. The summed E-state index contributed by atoms with van der Waals surface area (Å²) in [5.41, 5.74) is 2.70. The second-order valence-corrected chi connectivity index (χ2v) is 4.40. The van der Waals surface area contributed by atoms with Crippen LogP contribution in [0.25, 0.3) is 11.1 Å². The summed E-state index contributed by atoms with van der Waals surface area (Å²) in [5, 5.41) is 12.9. The van der Waals surface area contributed by atoms with Crippen LogP contribution in [0.1, 0.15) is 18.5 Å². The first-order valence-corrected chi connectivity index (χ1v) is 6.08. The van der Waals surface area contributed by atoms with Gasteiger partial charge in [-0.25, -0.2) is 4.39 Å². The van der Waals surface area contributed by atoms with Gasteiger partial charge in [-0.1, -0.05) is 12.1 Å². The molecule has 100 valence electrons. The number of hydrogen-bond acceptors (Lipinski definition) is 2. The standard InChI is InChI=1S/C14H15FN2O2/c1-10-13(11-4-6-12(15)7-5-11)9-17(16-10)8-2-3-14(18)19/h4-7,9H,2-3,8H2,1H3,(H,18,19). The molecular formula is C14H15FN2O2. The van der Waals surface area contributed by atoms with Crippen molar-refractivity contribution < 1.29 is 14.3 Å². The zero-order valence-electron chi connectivity index (χ0n) is 10.6. The Labute approximate surface area is 110 Å². The number of benzene rings is 1. The largest absolute Gasteiger partial charge is 0.481 e. The highest BCUT2D eigenvalue weighted by atomic mass is 19.1. The van der Waals surface area contributed by atoms with Gasteiger partial charge in [-0.05, 0) is 31.0 Å². The third-order valence-corrected chi connectivity index (χ3v) is 2.88. The molecule has 0 fully saturated rings. The highest BCUT2D eigenvalue weighted by Crippen LogP contribution is 2.22. The van der Waals surface area contributed by atoms with E-state index in [4.69, 9.17) is 5.11 Å². The Hall–Kier alpha value is -2.17. The summed E-state index contributed by atoms with van der Waals surface area (Å²) >= 11 is 0. The molecule has 2 rings (SSSR count). The minimum Gasteiger partial charge on any atom is -0.481 e. The predicted octanol–water partition coefficient (Wildman–Crippen LogP) is 2.86. The second kappa shape index (κ2) is 5.65. The van der Waals surface area contributed by atoms with E-state index in [0.717, 1.165) is 16.8 Å². The van der Waals surface area contributed by atoms with Crippen LogP contribution in [0.5, 0.6) is 0 Å². The van der Waals surface area contributed by atoms with Crippen LogP contribution >= 0.6 is 0 Å². The van der Waals surface area contributed by atoms with E-state index in [1.165, 1.54) is 12.1 Å². The molecule has 0 bridgehead atoms. The third-order valence-electron chi connectivity index (χ3n) is 2.88. The maximum atomic E-state index is 12.9. The number of carboxylic acid groups (broad SMARTS) is 1. The fraction of sp³-hybridized carbons (Fsp3) is 0.286. The maximum absolute atomic E-state index is 12.9. The molecule has 1 aromatic carbocycles. The van der Waals surface area contributed by atoms with Crippen molar-refractivity contribution in [1.82, 2.24) is 9.78 Å². The van der Waals surface area contributed by atoms with Gasteiger partial charge in [-0.3, -0.25) is 9.48 Å². The van der Waals surface area contributed by atoms with E-state index in [1.807, 2.05) is 13.1 Å². The van der Waals surface area contributed by atoms with E-state index in [9.17, 15) is 9.18 Å². The van der Waals surface area contributed by atoms with Crippen LogP contribution in [0.15, 0.2) is 30.5 Å². The number of halogens is 1. The molecule has 5 heteroatoms. The van der Waals surface area contributed by atoms with Crippen molar-refractivity contribution in [1.29, 1.82) is 0 Å². The number of aliphatic carboxylic acids is 1. The average molecular weight is 262 g/mol. The Morgan fingerprint density at radius 3 is 2.68 bits per heavy atom. The van der Waals surface area contributed by atoms with Crippen LogP contribution in [0.2, 0.25) is 0 Å². The Morgan fingerprint density at radius 1 is 1.37 bits per heavy atom. The molecular weight excluding hydrogens is 247 g/mol. The number of aromatic nitrogens is 2. The Kier molecular flexibility index (Phi) is 3.94. The minimum absolute atomic E-state index is 0.130. The molecule has 0 amide bonds. The molecule has 19 heavy (non-hydrogen) atoms. The molecule has 4 nitrogen and oxygen atoms in total. The van der Waals surface area contributed by atoms with E-state index in [-0.39, 0.29) is 12.2 Å². The lowest BCUT2D eigenvalue weighted by Crippen LogP contribution is -2.02. The fourth-order valence-electron chi connectivity index (χ4n) is 1.94. The van der Waals surface area contributed by atoms with Gasteiger partial charge in [0.1, 0.15) is 5.82 Å². The summed E-state index contributed by atoms with van der Waals surface area (Å²) in [4.78, 5) is 10.4. The Morgan fingerprint density at radius 2 is 2.05 bits per heavy atom. The van der Waals surface area contributed by atoms with Gasteiger partial charge in [0.15, 0.2) is 0 Å². The quantitative estimate of drug-likeness (QED) is 0.901. The second-order valence-electron chi connectivity index (χ2n) is 4.40. The lowest BCUT2D eigenvalue weighted by molar-refractivity contribution is -0.137. The molecule has 0 unspecified atom stereocenters.